The lowest BCUT2D eigenvalue weighted by atomic mass is 10.1. The number of hydrogen-bond acceptors (Lipinski definition) is 5. The molecule has 7 heteroatoms. The van der Waals surface area contributed by atoms with Crippen LogP contribution < -0.4 is 5.73 Å². The topological polar surface area (TPSA) is 90.2 Å². The average molecular weight is 353 g/mol. The van der Waals surface area contributed by atoms with Crippen LogP contribution in [0.1, 0.15) is 21.8 Å². The van der Waals surface area contributed by atoms with Crippen LogP contribution in [0.3, 0.4) is 0 Å². The zero-order chi connectivity index (χ0) is 18.5. The van der Waals surface area contributed by atoms with Crippen molar-refractivity contribution < 1.29 is 9.21 Å². The SMILES string of the molecule is Cc1oc(-c2cnn(C)c2)nc1C(=O)N(CCN)CCc1ccccc1. The zero-order valence-electron chi connectivity index (χ0n) is 15.1. The molecule has 26 heavy (non-hydrogen) atoms. The van der Waals surface area contributed by atoms with Gasteiger partial charge in [-0.25, -0.2) is 4.98 Å². The van der Waals surface area contributed by atoms with E-state index in [0.29, 0.717) is 37.0 Å². The molecule has 1 amide bonds. The predicted molar refractivity (Wildman–Crippen MR) is 98.5 cm³/mol. The Morgan fingerprint density at radius 3 is 2.69 bits per heavy atom. The van der Waals surface area contributed by atoms with Crippen LogP contribution in [0.5, 0.6) is 0 Å². The van der Waals surface area contributed by atoms with Crippen molar-refractivity contribution in [2.75, 3.05) is 19.6 Å². The lowest BCUT2D eigenvalue weighted by Gasteiger charge is -2.21. The number of carbonyl (C=O) groups excluding carboxylic acids is 1. The van der Waals surface area contributed by atoms with E-state index >= 15 is 0 Å². The van der Waals surface area contributed by atoms with Crippen LogP contribution in [0.15, 0.2) is 47.1 Å². The second-order valence-corrected chi connectivity index (χ2v) is 6.14. The maximum atomic E-state index is 13.0. The quantitative estimate of drug-likeness (QED) is 0.702. The van der Waals surface area contributed by atoms with E-state index in [1.54, 1.807) is 28.9 Å². The van der Waals surface area contributed by atoms with Gasteiger partial charge in [0.2, 0.25) is 5.89 Å². The number of carbonyl (C=O) groups is 1. The minimum Gasteiger partial charge on any atom is -0.440 e. The van der Waals surface area contributed by atoms with Gasteiger partial charge in [0.05, 0.1) is 11.8 Å². The number of hydrogen-bond donors (Lipinski definition) is 1. The molecule has 3 rings (SSSR count). The molecular formula is C19H23N5O2. The summed E-state index contributed by atoms with van der Waals surface area (Å²) in [7, 11) is 1.82. The van der Waals surface area contributed by atoms with E-state index in [-0.39, 0.29) is 5.91 Å². The molecule has 0 unspecified atom stereocenters. The highest BCUT2D eigenvalue weighted by molar-refractivity contribution is 5.93. The Bertz CT molecular complexity index is 869. The van der Waals surface area contributed by atoms with Crippen molar-refractivity contribution in [1.29, 1.82) is 0 Å². The molecular weight excluding hydrogens is 330 g/mol. The number of oxazole rings is 1. The van der Waals surface area contributed by atoms with Crippen molar-refractivity contribution >= 4 is 5.91 Å². The minimum absolute atomic E-state index is 0.164. The van der Waals surface area contributed by atoms with Crippen molar-refractivity contribution in [3.63, 3.8) is 0 Å². The van der Waals surface area contributed by atoms with Crippen LogP contribution >= 0.6 is 0 Å². The molecule has 0 bridgehead atoms. The van der Waals surface area contributed by atoms with E-state index in [1.165, 1.54) is 5.56 Å². The largest absolute Gasteiger partial charge is 0.440 e. The standard InChI is InChI=1S/C19H23N5O2/c1-14-17(22-18(26-14)16-12-21-23(2)13-16)19(25)24(11-9-20)10-8-15-6-4-3-5-7-15/h3-7,12-13H,8-11,20H2,1-2H3. The van der Waals surface area contributed by atoms with Gasteiger partial charge < -0.3 is 15.1 Å². The molecule has 1 aromatic carbocycles. The average Bonchev–Trinajstić information content (AvgIpc) is 3.24. The fourth-order valence-electron chi connectivity index (χ4n) is 2.78. The molecule has 3 aromatic rings. The Morgan fingerprint density at radius 1 is 1.27 bits per heavy atom. The van der Waals surface area contributed by atoms with Crippen LogP contribution in [0.2, 0.25) is 0 Å². The molecule has 0 aliphatic rings. The van der Waals surface area contributed by atoms with Gasteiger partial charge >= 0.3 is 0 Å². The highest BCUT2D eigenvalue weighted by Crippen LogP contribution is 2.22. The van der Waals surface area contributed by atoms with Gasteiger partial charge in [-0.3, -0.25) is 9.48 Å². The molecule has 0 saturated heterocycles. The first kappa shape index (κ1) is 17.9. The van der Waals surface area contributed by atoms with E-state index in [2.05, 4.69) is 10.1 Å². The summed E-state index contributed by atoms with van der Waals surface area (Å²) in [4.78, 5) is 19.1. The summed E-state index contributed by atoms with van der Waals surface area (Å²) in [6.07, 6.45) is 4.22. The molecule has 0 spiro atoms. The van der Waals surface area contributed by atoms with Gasteiger partial charge in [-0.1, -0.05) is 30.3 Å². The molecule has 7 nitrogen and oxygen atoms in total. The van der Waals surface area contributed by atoms with Gasteiger partial charge in [0.1, 0.15) is 5.76 Å². The summed E-state index contributed by atoms with van der Waals surface area (Å²) in [5.41, 5.74) is 7.94. The van der Waals surface area contributed by atoms with Gasteiger partial charge in [-0.15, -0.1) is 0 Å². The van der Waals surface area contributed by atoms with Crippen LogP contribution in [0.4, 0.5) is 0 Å². The van der Waals surface area contributed by atoms with Crippen LogP contribution in [-0.4, -0.2) is 45.2 Å². The molecule has 2 N–H and O–H groups in total. The first-order valence-corrected chi connectivity index (χ1v) is 8.58. The molecule has 136 valence electrons. The van der Waals surface area contributed by atoms with Crippen molar-refractivity contribution in [2.45, 2.75) is 13.3 Å². The molecule has 0 aliphatic carbocycles. The Hall–Kier alpha value is -2.93. The smallest absolute Gasteiger partial charge is 0.276 e. The molecule has 0 fully saturated rings. The van der Waals surface area contributed by atoms with Gasteiger partial charge in [0, 0.05) is 32.9 Å². The summed E-state index contributed by atoms with van der Waals surface area (Å²) in [5.74, 6) is 0.730. The lowest BCUT2D eigenvalue weighted by molar-refractivity contribution is 0.0755. The first-order chi connectivity index (χ1) is 12.6. The molecule has 0 aliphatic heterocycles. The number of benzene rings is 1. The normalized spacial score (nSPS) is 10.9. The van der Waals surface area contributed by atoms with Crippen molar-refractivity contribution in [2.24, 2.45) is 12.8 Å². The third-order valence-electron chi connectivity index (χ3n) is 4.15. The Balaban J connectivity index is 1.77. The summed E-state index contributed by atoms with van der Waals surface area (Å²) in [6.45, 7) is 3.19. The summed E-state index contributed by atoms with van der Waals surface area (Å²) >= 11 is 0. The maximum absolute atomic E-state index is 13.0. The highest BCUT2D eigenvalue weighted by Gasteiger charge is 2.23. The summed E-state index contributed by atoms with van der Waals surface area (Å²) in [5, 5.41) is 4.11. The van der Waals surface area contributed by atoms with E-state index in [4.69, 9.17) is 10.2 Å². The predicted octanol–water partition coefficient (Wildman–Crippen LogP) is 2.03. The second kappa shape index (κ2) is 7.97. The van der Waals surface area contributed by atoms with Gasteiger partial charge in [0.25, 0.3) is 5.91 Å². The number of amides is 1. The fourth-order valence-corrected chi connectivity index (χ4v) is 2.78. The summed E-state index contributed by atoms with van der Waals surface area (Å²) in [6, 6.07) is 10.1. The van der Waals surface area contributed by atoms with E-state index in [0.717, 1.165) is 12.0 Å². The zero-order valence-corrected chi connectivity index (χ0v) is 15.1. The van der Waals surface area contributed by atoms with Gasteiger partial charge in [-0.05, 0) is 18.9 Å². The van der Waals surface area contributed by atoms with Gasteiger partial charge in [-0.2, -0.15) is 5.10 Å². The number of nitrogens with two attached hydrogens (primary N) is 1. The van der Waals surface area contributed by atoms with Crippen molar-refractivity contribution in [3.8, 4) is 11.5 Å². The second-order valence-electron chi connectivity index (χ2n) is 6.14. The molecule has 0 saturated carbocycles. The Kier molecular flexibility index (Phi) is 5.48. The number of rotatable bonds is 7. The maximum Gasteiger partial charge on any atom is 0.276 e. The monoisotopic (exact) mass is 353 g/mol. The molecule has 2 aromatic heterocycles. The third-order valence-corrected chi connectivity index (χ3v) is 4.15. The Labute approximate surface area is 152 Å². The highest BCUT2D eigenvalue weighted by atomic mass is 16.4. The summed E-state index contributed by atoms with van der Waals surface area (Å²) < 4.78 is 7.35. The molecule has 2 heterocycles. The van der Waals surface area contributed by atoms with Gasteiger partial charge in [0.15, 0.2) is 5.69 Å². The van der Waals surface area contributed by atoms with Crippen molar-refractivity contribution in [3.05, 3.63) is 59.7 Å². The van der Waals surface area contributed by atoms with E-state index < -0.39 is 0 Å². The number of aryl methyl sites for hydroxylation is 2. The minimum atomic E-state index is -0.164. The van der Waals surface area contributed by atoms with E-state index in [9.17, 15) is 4.79 Å². The molecule has 0 radical (unpaired) electrons. The lowest BCUT2D eigenvalue weighted by Crippen LogP contribution is -2.37. The van der Waals surface area contributed by atoms with Crippen LogP contribution in [-0.2, 0) is 13.5 Å². The number of nitrogens with zero attached hydrogens (tertiary/aromatic N) is 4. The van der Waals surface area contributed by atoms with Crippen LogP contribution in [0.25, 0.3) is 11.5 Å². The third kappa shape index (κ3) is 4.00. The van der Waals surface area contributed by atoms with E-state index in [1.807, 2.05) is 37.4 Å². The fraction of sp³-hybridized carbons (Fsp3) is 0.316. The first-order valence-electron chi connectivity index (χ1n) is 8.58. The van der Waals surface area contributed by atoms with Crippen molar-refractivity contribution in [1.82, 2.24) is 19.7 Å². The Morgan fingerprint density at radius 2 is 2.04 bits per heavy atom. The van der Waals surface area contributed by atoms with Crippen LogP contribution in [0, 0.1) is 6.92 Å². The molecule has 0 atom stereocenters. The number of aromatic nitrogens is 3.